The van der Waals surface area contributed by atoms with Gasteiger partial charge in [-0.1, -0.05) is 39.8 Å². The summed E-state index contributed by atoms with van der Waals surface area (Å²) < 4.78 is 13.4. The van der Waals surface area contributed by atoms with Crippen LogP contribution in [0.25, 0.3) is 11.4 Å². The molecule has 0 spiro atoms. The average Bonchev–Trinajstić information content (AvgIpc) is 3.32. The molecule has 1 aromatic heterocycles. The van der Waals surface area contributed by atoms with Gasteiger partial charge in [0.1, 0.15) is 0 Å². The number of rotatable bonds is 6. The summed E-state index contributed by atoms with van der Waals surface area (Å²) >= 11 is 4.75. The monoisotopic (exact) mass is 473 g/mol. The van der Waals surface area contributed by atoms with Gasteiger partial charge >= 0.3 is 0 Å². The van der Waals surface area contributed by atoms with Crippen LogP contribution < -0.4 is 14.9 Å². The standard InChI is InChI=1S/C19H16BrN5O3S/c1-25-18(13-3-2-4-14(20)8-13)23-24-19(25)29-10-17(26)22-21-9-12-5-6-15-16(7-12)28-11-27-15/h2-9H,10-11H2,1H3,(H,22,26)/b21-9+. The number of amides is 1. The van der Waals surface area contributed by atoms with Gasteiger partial charge in [-0.05, 0) is 35.9 Å². The number of hydrazone groups is 1. The van der Waals surface area contributed by atoms with E-state index in [2.05, 4.69) is 36.7 Å². The van der Waals surface area contributed by atoms with Gasteiger partial charge in [0, 0.05) is 17.1 Å². The van der Waals surface area contributed by atoms with E-state index in [1.165, 1.54) is 11.8 Å². The first-order valence-corrected chi connectivity index (χ1v) is 10.4. The van der Waals surface area contributed by atoms with Crippen LogP contribution in [-0.2, 0) is 11.8 Å². The lowest BCUT2D eigenvalue weighted by Crippen LogP contribution is -2.19. The number of ether oxygens (including phenoxy) is 2. The summed E-state index contributed by atoms with van der Waals surface area (Å²) in [5, 5.41) is 13.0. The zero-order valence-corrected chi connectivity index (χ0v) is 17.7. The highest BCUT2D eigenvalue weighted by molar-refractivity contribution is 9.10. The Morgan fingerprint density at radius 2 is 2.14 bits per heavy atom. The Labute approximate surface area is 179 Å². The number of hydrogen-bond acceptors (Lipinski definition) is 7. The number of nitrogens with one attached hydrogen (secondary N) is 1. The molecule has 29 heavy (non-hydrogen) atoms. The number of carbonyl (C=O) groups excluding carboxylic acids is 1. The van der Waals surface area contributed by atoms with Crippen LogP contribution in [0.15, 0.2) is 57.2 Å². The van der Waals surface area contributed by atoms with E-state index in [4.69, 9.17) is 9.47 Å². The molecule has 0 fully saturated rings. The third-order valence-electron chi connectivity index (χ3n) is 4.05. The van der Waals surface area contributed by atoms with Crippen molar-refractivity contribution in [2.24, 2.45) is 12.1 Å². The number of fused-ring (bicyclic) bond motifs is 1. The molecule has 0 saturated carbocycles. The maximum absolute atomic E-state index is 12.1. The molecule has 2 heterocycles. The van der Waals surface area contributed by atoms with E-state index >= 15 is 0 Å². The maximum atomic E-state index is 12.1. The number of aromatic nitrogens is 3. The first-order valence-electron chi connectivity index (χ1n) is 8.60. The second kappa shape index (κ2) is 8.66. The van der Waals surface area contributed by atoms with Crippen LogP contribution in [0.2, 0.25) is 0 Å². The molecule has 10 heteroatoms. The largest absolute Gasteiger partial charge is 0.454 e. The predicted molar refractivity (Wildman–Crippen MR) is 113 cm³/mol. The van der Waals surface area contributed by atoms with E-state index in [-0.39, 0.29) is 18.5 Å². The lowest BCUT2D eigenvalue weighted by molar-refractivity contribution is -0.118. The van der Waals surface area contributed by atoms with Crippen LogP contribution in [0.3, 0.4) is 0 Å². The minimum absolute atomic E-state index is 0.170. The van der Waals surface area contributed by atoms with E-state index in [1.807, 2.05) is 41.9 Å². The second-order valence-electron chi connectivity index (χ2n) is 6.07. The molecular weight excluding hydrogens is 458 g/mol. The minimum atomic E-state index is -0.237. The Balaban J connectivity index is 1.32. The lowest BCUT2D eigenvalue weighted by atomic mass is 10.2. The third-order valence-corrected chi connectivity index (χ3v) is 5.56. The van der Waals surface area contributed by atoms with E-state index < -0.39 is 0 Å². The Hall–Kier alpha value is -2.85. The molecule has 4 rings (SSSR count). The summed E-state index contributed by atoms with van der Waals surface area (Å²) in [6, 6.07) is 13.3. The van der Waals surface area contributed by atoms with E-state index in [0.717, 1.165) is 21.4 Å². The van der Waals surface area contributed by atoms with Crippen LogP contribution in [0.5, 0.6) is 11.5 Å². The van der Waals surface area contributed by atoms with Crippen molar-refractivity contribution in [3.8, 4) is 22.9 Å². The fourth-order valence-corrected chi connectivity index (χ4v) is 3.76. The Morgan fingerprint density at radius 3 is 3.00 bits per heavy atom. The smallest absolute Gasteiger partial charge is 0.250 e. The maximum Gasteiger partial charge on any atom is 0.250 e. The zero-order chi connectivity index (χ0) is 20.2. The summed E-state index contributed by atoms with van der Waals surface area (Å²) in [5.41, 5.74) is 4.25. The molecule has 1 amide bonds. The normalized spacial score (nSPS) is 12.5. The van der Waals surface area contributed by atoms with Crippen LogP contribution in [0.4, 0.5) is 0 Å². The van der Waals surface area contributed by atoms with Crippen molar-refractivity contribution in [3.05, 3.63) is 52.5 Å². The van der Waals surface area contributed by atoms with Gasteiger partial charge < -0.3 is 14.0 Å². The highest BCUT2D eigenvalue weighted by Crippen LogP contribution is 2.32. The predicted octanol–water partition coefficient (Wildman–Crippen LogP) is 3.22. The molecular formula is C19H16BrN5O3S. The molecule has 0 atom stereocenters. The summed E-state index contributed by atoms with van der Waals surface area (Å²) in [7, 11) is 1.87. The Bertz CT molecular complexity index is 1090. The molecule has 0 aliphatic carbocycles. The summed E-state index contributed by atoms with van der Waals surface area (Å²) in [5.74, 6) is 2.03. The van der Waals surface area contributed by atoms with Gasteiger partial charge in [0.05, 0.1) is 12.0 Å². The Kier molecular flexibility index (Phi) is 5.81. The van der Waals surface area contributed by atoms with Crippen LogP contribution in [0, 0.1) is 0 Å². The molecule has 3 aromatic rings. The molecule has 0 saturated heterocycles. The number of carbonyl (C=O) groups is 1. The average molecular weight is 474 g/mol. The number of thioether (sulfide) groups is 1. The lowest BCUT2D eigenvalue weighted by Gasteiger charge is -2.04. The van der Waals surface area contributed by atoms with Gasteiger partial charge in [0.25, 0.3) is 5.91 Å². The molecule has 0 radical (unpaired) electrons. The topological polar surface area (TPSA) is 90.6 Å². The SMILES string of the molecule is Cn1c(SCC(=O)N/N=C/c2ccc3c(c2)OCO3)nnc1-c1cccc(Br)c1. The van der Waals surface area contributed by atoms with Gasteiger partial charge in [-0.2, -0.15) is 5.10 Å². The van der Waals surface area contributed by atoms with Crippen molar-refractivity contribution in [3.63, 3.8) is 0 Å². The number of benzene rings is 2. The summed E-state index contributed by atoms with van der Waals surface area (Å²) in [6.07, 6.45) is 1.55. The van der Waals surface area contributed by atoms with Crippen molar-refractivity contribution in [2.75, 3.05) is 12.5 Å². The van der Waals surface area contributed by atoms with Crippen LogP contribution >= 0.6 is 27.7 Å². The van der Waals surface area contributed by atoms with E-state index in [0.29, 0.717) is 16.7 Å². The summed E-state index contributed by atoms with van der Waals surface area (Å²) in [6.45, 7) is 0.217. The molecule has 0 unspecified atom stereocenters. The molecule has 148 valence electrons. The highest BCUT2D eigenvalue weighted by Gasteiger charge is 2.14. The van der Waals surface area contributed by atoms with Gasteiger partial charge in [0.2, 0.25) is 6.79 Å². The first kappa shape index (κ1) is 19.5. The molecule has 1 aliphatic heterocycles. The van der Waals surface area contributed by atoms with Gasteiger partial charge in [-0.3, -0.25) is 4.79 Å². The highest BCUT2D eigenvalue weighted by atomic mass is 79.9. The molecule has 1 N–H and O–H groups in total. The van der Waals surface area contributed by atoms with Crippen LogP contribution in [-0.4, -0.2) is 39.4 Å². The molecule has 2 aromatic carbocycles. The third kappa shape index (κ3) is 4.60. The van der Waals surface area contributed by atoms with Crippen molar-refractivity contribution < 1.29 is 14.3 Å². The summed E-state index contributed by atoms with van der Waals surface area (Å²) in [4.78, 5) is 12.1. The minimum Gasteiger partial charge on any atom is -0.454 e. The Morgan fingerprint density at radius 1 is 1.28 bits per heavy atom. The molecule has 8 nitrogen and oxygen atoms in total. The molecule has 0 bridgehead atoms. The van der Waals surface area contributed by atoms with Crippen molar-refractivity contribution in [1.29, 1.82) is 0 Å². The second-order valence-corrected chi connectivity index (χ2v) is 7.93. The zero-order valence-electron chi connectivity index (χ0n) is 15.3. The fraction of sp³-hybridized carbons (Fsp3) is 0.158. The quantitative estimate of drug-likeness (QED) is 0.335. The molecule has 1 aliphatic rings. The van der Waals surface area contributed by atoms with Gasteiger partial charge in [-0.25, -0.2) is 5.43 Å². The van der Waals surface area contributed by atoms with Crippen molar-refractivity contribution in [2.45, 2.75) is 5.16 Å². The first-order chi connectivity index (χ1) is 14.1. The number of nitrogens with zero attached hydrogens (tertiary/aromatic N) is 4. The van der Waals surface area contributed by atoms with Crippen molar-refractivity contribution >= 4 is 39.8 Å². The van der Waals surface area contributed by atoms with Crippen molar-refractivity contribution in [1.82, 2.24) is 20.2 Å². The van der Waals surface area contributed by atoms with E-state index in [9.17, 15) is 4.79 Å². The fourth-order valence-electron chi connectivity index (χ4n) is 2.65. The van der Waals surface area contributed by atoms with Gasteiger partial charge in [-0.15, -0.1) is 10.2 Å². The van der Waals surface area contributed by atoms with Crippen LogP contribution in [0.1, 0.15) is 5.56 Å². The van der Waals surface area contributed by atoms with E-state index in [1.54, 1.807) is 18.3 Å². The number of halogens is 1. The number of hydrogen-bond donors (Lipinski definition) is 1. The van der Waals surface area contributed by atoms with Gasteiger partial charge in [0.15, 0.2) is 22.5 Å².